The topological polar surface area (TPSA) is 119 Å². The van der Waals surface area contributed by atoms with Crippen molar-refractivity contribution in [2.75, 3.05) is 11.1 Å². The molecule has 234 valence electrons. The number of nitrogens with zero attached hydrogens (tertiary/aromatic N) is 4. The molecular weight excluding hydrogens is 558 g/mol. The number of nitrogens with one attached hydrogen (secondary N) is 2. The summed E-state index contributed by atoms with van der Waals surface area (Å²) in [6.45, 7) is 4.30. The summed E-state index contributed by atoms with van der Waals surface area (Å²) in [4.78, 5) is 30.1. The molecule has 0 aliphatic heterocycles. The smallest absolute Gasteiger partial charge is 0.251 e. The summed E-state index contributed by atoms with van der Waals surface area (Å²) in [5.41, 5.74) is 10.3. The van der Waals surface area contributed by atoms with Crippen molar-refractivity contribution in [3.8, 4) is 23.1 Å². The van der Waals surface area contributed by atoms with E-state index < -0.39 is 0 Å². The second-order valence-electron chi connectivity index (χ2n) is 11.3. The Labute approximate surface area is 267 Å². The van der Waals surface area contributed by atoms with E-state index in [2.05, 4.69) is 56.3 Å². The summed E-state index contributed by atoms with van der Waals surface area (Å²) < 4.78 is 0. The monoisotopic (exact) mass is 603 g/mol. The third-order valence-electron chi connectivity index (χ3n) is 7.64. The van der Waals surface area contributed by atoms with Gasteiger partial charge in [-0.05, 0) is 67.3 Å². The average molecular weight is 604 g/mol. The Morgan fingerprint density at radius 2 is 1.62 bits per heavy atom. The molecule has 1 atom stereocenters. The molecule has 1 aliphatic carbocycles. The third kappa shape index (κ3) is 11.0. The van der Waals surface area contributed by atoms with E-state index in [1.807, 2.05) is 42.5 Å². The van der Waals surface area contributed by atoms with E-state index in [0.717, 1.165) is 49.0 Å². The third-order valence-corrected chi connectivity index (χ3v) is 7.64. The molecular formula is C37H45N7O. The second kappa shape index (κ2) is 18.1. The maximum absolute atomic E-state index is 12.8. The van der Waals surface area contributed by atoms with Crippen molar-refractivity contribution in [2.24, 2.45) is 0 Å². The first-order chi connectivity index (χ1) is 22.1. The van der Waals surface area contributed by atoms with Crippen LogP contribution in [0.2, 0.25) is 0 Å². The first-order valence-electron chi connectivity index (χ1n) is 16.3. The van der Waals surface area contributed by atoms with Crippen molar-refractivity contribution < 1.29 is 4.79 Å². The van der Waals surface area contributed by atoms with Crippen LogP contribution in [-0.2, 0) is 0 Å². The van der Waals surface area contributed by atoms with Crippen LogP contribution in [0.4, 0.5) is 17.5 Å². The van der Waals surface area contributed by atoms with Gasteiger partial charge in [0, 0.05) is 41.4 Å². The quantitative estimate of drug-likeness (QED) is 0.157. The van der Waals surface area contributed by atoms with Crippen molar-refractivity contribution in [3.05, 3.63) is 90.0 Å². The maximum Gasteiger partial charge on any atom is 0.251 e. The SMILES string of the molecule is C1CCCCC1.CCCCC(CCC)NC(=O)c1ccnc(C#Cc2ccc(Nc3ncc(-c4ccccn4)c(N)n3)cc2)c1. The van der Waals surface area contributed by atoms with Gasteiger partial charge in [0.2, 0.25) is 5.95 Å². The summed E-state index contributed by atoms with van der Waals surface area (Å²) in [7, 11) is 0. The largest absolute Gasteiger partial charge is 0.383 e. The van der Waals surface area contributed by atoms with E-state index in [1.54, 1.807) is 30.7 Å². The van der Waals surface area contributed by atoms with Gasteiger partial charge in [0.25, 0.3) is 5.91 Å². The van der Waals surface area contributed by atoms with E-state index in [-0.39, 0.29) is 11.9 Å². The number of benzene rings is 1. The molecule has 1 aromatic carbocycles. The van der Waals surface area contributed by atoms with Gasteiger partial charge in [-0.15, -0.1) is 0 Å². The van der Waals surface area contributed by atoms with Gasteiger partial charge in [0.05, 0.1) is 11.3 Å². The Morgan fingerprint density at radius 3 is 2.27 bits per heavy atom. The molecule has 4 N–H and O–H groups in total. The molecule has 0 radical (unpaired) electrons. The minimum atomic E-state index is -0.0821. The molecule has 3 heterocycles. The lowest BCUT2D eigenvalue weighted by Gasteiger charge is -2.17. The fourth-order valence-corrected chi connectivity index (χ4v) is 5.13. The van der Waals surface area contributed by atoms with E-state index in [1.165, 1.54) is 38.5 Å². The molecule has 45 heavy (non-hydrogen) atoms. The number of hydrogen-bond donors (Lipinski definition) is 3. The minimum Gasteiger partial charge on any atom is -0.383 e. The number of nitrogens with two attached hydrogens (primary N) is 1. The van der Waals surface area contributed by atoms with E-state index in [4.69, 9.17) is 5.73 Å². The van der Waals surface area contributed by atoms with E-state index in [0.29, 0.717) is 28.6 Å². The highest BCUT2D eigenvalue weighted by Crippen LogP contribution is 2.23. The van der Waals surface area contributed by atoms with Crippen LogP contribution in [0.25, 0.3) is 11.3 Å². The van der Waals surface area contributed by atoms with Gasteiger partial charge in [-0.3, -0.25) is 9.78 Å². The summed E-state index contributed by atoms with van der Waals surface area (Å²) in [6.07, 6.45) is 19.2. The lowest BCUT2D eigenvalue weighted by Crippen LogP contribution is -2.34. The van der Waals surface area contributed by atoms with Crippen LogP contribution in [-0.4, -0.2) is 31.9 Å². The predicted octanol–water partition coefficient (Wildman–Crippen LogP) is 8.09. The zero-order valence-electron chi connectivity index (χ0n) is 26.6. The number of amides is 1. The van der Waals surface area contributed by atoms with Gasteiger partial charge in [0.15, 0.2) is 0 Å². The number of pyridine rings is 2. The number of carbonyl (C=O) groups is 1. The Bertz CT molecular complexity index is 1530. The molecule has 0 spiro atoms. The van der Waals surface area contributed by atoms with Gasteiger partial charge < -0.3 is 16.4 Å². The highest BCUT2D eigenvalue weighted by molar-refractivity contribution is 5.94. The number of hydrogen-bond acceptors (Lipinski definition) is 7. The highest BCUT2D eigenvalue weighted by atomic mass is 16.1. The molecule has 4 aromatic rings. The van der Waals surface area contributed by atoms with Gasteiger partial charge in [-0.2, -0.15) is 4.98 Å². The normalized spacial score (nSPS) is 12.9. The molecule has 8 heteroatoms. The number of anilines is 3. The van der Waals surface area contributed by atoms with Gasteiger partial charge in [-0.25, -0.2) is 9.97 Å². The van der Waals surface area contributed by atoms with Crippen LogP contribution in [0.3, 0.4) is 0 Å². The molecule has 1 saturated carbocycles. The van der Waals surface area contributed by atoms with Crippen molar-refractivity contribution in [1.29, 1.82) is 0 Å². The summed E-state index contributed by atoms with van der Waals surface area (Å²) in [5.74, 6) is 6.82. The Kier molecular flexibility index (Phi) is 13.4. The fourth-order valence-electron chi connectivity index (χ4n) is 5.13. The van der Waals surface area contributed by atoms with Crippen LogP contribution < -0.4 is 16.4 Å². The number of carbonyl (C=O) groups excluding carboxylic acids is 1. The number of aromatic nitrogens is 4. The van der Waals surface area contributed by atoms with Gasteiger partial charge in [0.1, 0.15) is 11.5 Å². The first kappa shape index (κ1) is 33.1. The summed E-state index contributed by atoms with van der Waals surface area (Å²) >= 11 is 0. The van der Waals surface area contributed by atoms with Crippen molar-refractivity contribution in [3.63, 3.8) is 0 Å². The fraction of sp³-hybridized carbons (Fsp3) is 0.378. The predicted molar refractivity (Wildman–Crippen MR) is 183 cm³/mol. The molecule has 0 saturated heterocycles. The van der Waals surface area contributed by atoms with Crippen molar-refractivity contribution >= 4 is 23.4 Å². The summed E-state index contributed by atoms with van der Waals surface area (Å²) in [5, 5.41) is 6.32. The molecule has 5 rings (SSSR count). The molecule has 1 unspecified atom stereocenters. The molecule has 8 nitrogen and oxygen atoms in total. The van der Waals surface area contributed by atoms with Crippen LogP contribution in [0.1, 0.15) is 106 Å². The van der Waals surface area contributed by atoms with Gasteiger partial charge >= 0.3 is 0 Å². The minimum absolute atomic E-state index is 0.0821. The number of unbranched alkanes of at least 4 members (excludes halogenated alkanes) is 1. The Morgan fingerprint density at radius 1 is 0.867 bits per heavy atom. The maximum atomic E-state index is 12.8. The molecule has 3 aromatic heterocycles. The number of rotatable bonds is 10. The second-order valence-corrected chi connectivity index (χ2v) is 11.3. The van der Waals surface area contributed by atoms with Crippen LogP contribution >= 0.6 is 0 Å². The first-order valence-corrected chi connectivity index (χ1v) is 16.3. The van der Waals surface area contributed by atoms with E-state index >= 15 is 0 Å². The molecule has 1 amide bonds. The van der Waals surface area contributed by atoms with Crippen LogP contribution in [0.5, 0.6) is 0 Å². The highest BCUT2D eigenvalue weighted by Gasteiger charge is 2.13. The summed E-state index contributed by atoms with van der Waals surface area (Å²) in [6, 6.07) is 16.8. The lowest BCUT2D eigenvalue weighted by molar-refractivity contribution is 0.0932. The average Bonchev–Trinajstić information content (AvgIpc) is 3.08. The van der Waals surface area contributed by atoms with Gasteiger partial charge in [-0.1, -0.05) is 83.6 Å². The Hall–Kier alpha value is -4.77. The van der Waals surface area contributed by atoms with Crippen molar-refractivity contribution in [1.82, 2.24) is 25.3 Å². The molecule has 1 fully saturated rings. The van der Waals surface area contributed by atoms with Crippen molar-refractivity contribution in [2.45, 2.75) is 90.5 Å². The molecule has 1 aliphatic rings. The number of nitrogen functional groups attached to an aromatic ring is 1. The standard InChI is InChI=1S/C31H33N7O.C6H12/c1-3-5-9-24(8-4-2)36-30(39)23-17-19-33-26(20-23)16-13-22-11-14-25(15-12-22)37-31-35-21-27(29(32)38-31)28-10-6-7-18-34-28;1-2-4-6-5-3-1/h6-7,10-12,14-15,17-21,24H,3-5,8-9H2,1-2H3,(H,36,39)(H3,32,35,37,38);1-6H2. The zero-order chi connectivity index (χ0) is 31.7. The van der Waals surface area contributed by atoms with Crippen LogP contribution in [0.15, 0.2) is 73.2 Å². The molecule has 0 bridgehead atoms. The zero-order valence-corrected chi connectivity index (χ0v) is 26.6. The Balaban J connectivity index is 0.000000687. The lowest BCUT2D eigenvalue weighted by atomic mass is 10.0. The van der Waals surface area contributed by atoms with Crippen LogP contribution in [0, 0.1) is 11.8 Å². The van der Waals surface area contributed by atoms with E-state index in [9.17, 15) is 4.79 Å².